The van der Waals surface area contributed by atoms with Crippen molar-refractivity contribution in [2.75, 3.05) is 28.2 Å². The molecule has 2 amide bonds. The molecule has 0 radical (unpaired) electrons. The Balaban J connectivity index is 0.000000178. The molecule has 356 valence electrons. The summed E-state index contributed by atoms with van der Waals surface area (Å²) in [5, 5.41) is 0.970. The molecule has 0 saturated carbocycles. The maximum atomic E-state index is 15.3. The second kappa shape index (κ2) is 19.1. The van der Waals surface area contributed by atoms with Crippen molar-refractivity contribution in [2.45, 2.75) is 26.9 Å². The summed E-state index contributed by atoms with van der Waals surface area (Å²) in [6.45, 7) is 4.21. The van der Waals surface area contributed by atoms with E-state index < -0.39 is 23.2 Å². The molecule has 0 spiro atoms. The fraction of sp³-hybridized carbons (Fsp3) is 0.143. The fourth-order valence-electron chi connectivity index (χ4n) is 8.80. The number of hydrogen-bond donors (Lipinski definition) is 0. The summed E-state index contributed by atoms with van der Waals surface area (Å²) in [5.74, 6) is 4.77. The van der Waals surface area contributed by atoms with E-state index in [4.69, 9.17) is 12.8 Å². The molecule has 0 atom stereocenters. The van der Waals surface area contributed by atoms with Crippen molar-refractivity contribution >= 4 is 67.5 Å². The van der Waals surface area contributed by atoms with E-state index in [-0.39, 0.29) is 47.4 Å². The highest BCUT2D eigenvalue weighted by Gasteiger charge is 2.25. The molecule has 0 aliphatic carbocycles. The number of benzene rings is 4. The first-order valence-electron chi connectivity index (χ1n) is 22.4. The van der Waals surface area contributed by atoms with Gasteiger partial charge in [-0.25, -0.2) is 28.3 Å². The fourth-order valence-corrected chi connectivity index (χ4v) is 8.80. The van der Waals surface area contributed by atoms with E-state index in [1.807, 2.05) is 35.1 Å². The number of hydrogen-bond acceptors (Lipinski definition) is 8. The molecule has 0 aliphatic rings. The topological polar surface area (TPSA) is 146 Å². The second-order valence-corrected chi connectivity index (χ2v) is 17.4. The lowest BCUT2D eigenvalue weighted by atomic mass is 9.98. The highest BCUT2D eigenvalue weighted by molar-refractivity contribution is 6.19. The monoisotopic (exact) mass is 958 g/mol. The summed E-state index contributed by atoms with van der Waals surface area (Å²) in [7, 11) is 6.49. The first-order chi connectivity index (χ1) is 34.6. The van der Waals surface area contributed by atoms with Gasteiger partial charge < -0.3 is 18.9 Å². The number of terminal acetylenes is 2. The van der Waals surface area contributed by atoms with Crippen molar-refractivity contribution in [1.82, 2.24) is 48.0 Å². The average molecular weight is 959 g/mol. The SMILES string of the molecule is C#Cc1cccc2c1c(C(=O)c1ccc(Cn3c(C)nc4cnccc43)c(F)c1)cn2C(=O)N(C)C.C#Cc1cccc2c1c(C(=O)c1ccc(Cn3c(C)nc4cnccc43)c(F)c1)cn2C(=O)N(C)C. The maximum absolute atomic E-state index is 15.3. The summed E-state index contributed by atoms with van der Waals surface area (Å²) < 4.78 is 37.1. The molecule has 0 saturated heterocycles. The molecule has 0 aliphatic heterocycles. The van der Waals surface area contributed by atoms with Gasteiger partial charge in [0.1, 0.15) is 34.3 Å². The van der Waals surface area contributed by atoms with Crippen LogP contribution in [-0.4, -0.2) is 99.8 Å². The van der Waals surface area contributed by atoms with Crippen molar-refractivity contribution < 1.29 is 28.0 Å². The Morgan fingerprint density at radius 3 is 1.33 bits per heavy atom. The predicted octanol–water partition coefficient (Wildman–Crippen LogP) is 9.25. The largest absolute Gasteiger partial charge is 0.330 e. The second-order valence-electron chi connectivity index (χ2n) is 17.4. The van der Waals surface area contributed by atoms with Crippen molar-refractivity contribution in [1.29, 1.82) is 0 Å². The Labute approximate surface area is 411 Å². The first-order valence-corrected chi connectivity index (χ1v) is 22.4. The maximum Gasteiger partial charge on any atom is 0.328 e. The van der Waals surface area contributed by atoms with Gasteiger partial charge in [-0.1, -0.05) is 48.2 Å². The number of aryl methyl sites for hydroxylation is 2. The van der Waals surface area contributed by atoms with Gasteiger partial charge in [-0.05, 0) is 62.4 Å². The van der Waals surface area contributed by atoms with Gasteiger partial charge in [0.2, 0.25) is 0 Å². The van der Waals surface area contributed by atoms with Crippen molar-refractivity contribution in [3.8, 4) is 24.7 Å². The summed E-state index contributed by atoms with van der Waals surface area (Å²) in [5.41, 5.74) is 6.80. The van der Waals surface area contributed by atoms with E-state index in [1.165, 1.54) is 43.5 Å². The van der Waals surface area contributed by atoms with Gasteiger partial charge in [-0.15, -0.1) is 12.8 Å². The zero-order valence-corrected chi connectivity index (χ0v) is 40.0. The Kier molecular flexibility index (Phi) is 12.6. The number of aromatic nitrogens is 8. The molecule has 72 heavy (non-hydrogen) atoms. The number of halogens is 2. The average Bonchev–Trinajstić information content (AvgIpc) is 4.14. The van der Waals surface area contributed by atoms with Gasteiger partial charge in [0.25, 0.3) is 0 Å². The Morgan fingerprint density at radius 2 is 0.972 bits per heavy atom. The third-order valence-corrected chi connectivity index (χ3v) is 12.4. The lowest BCUT2D eigenvalue weighted by Gasteiger charge is -2.11. The van der Waals surface area contributed by atoms with Crippen LogP contribution in [0.5, 0.6) is 0 Å². The predicted molar refractivity (Wildman–Crippen MR) is 271 cm³/mol. The third kappa shape index (κ3) is 8.51. The van der Waals surface area contributed by atoms with E-state index in [9.17, 15) is 19.2 Å². The van der Waals surface area contributed by atoms with Crippen LogP contribution in [0.4, 0.5) is 18.4 Å². The van der Waals surface area contributed by atoms with Crippen LogP contribution < -0.4 is 0 Å². The first kappa shape index (κ1) is 47.5. The molecule has 10 aromatic rings. The molecule has 16 heteroatoms. The Hall–Kier alpha value is -9.54. The third-order valence-electron chi connectivity index (χ3n) is 12.4. The van der Waals surface area contributed by atoms with E-state index in [0.717, 1.165) is 33.7 Å². The molecule has 0 fully saturated rings. The quantitative estimate of drug-likeness (QED) is 0.108. The normalized spacial score (nSPS) is 11.1. The molecule has 6 aromatic heterocycles. The lowest BCUT2D eigenvalue weighted by Crippen LogP contribution is -2.26. The number of nitrogens with zero attached hydrogens (tertiary/aromatic N) is 10. The van der Waals surface area contributed by atoms with E-state index in [0.29, 0.717) is 44.1 Å². The van der Waals surface area contributed by atoms with Crippen LogP contribution in [-0.2, 0) is 13.1 Å². The van der Waals surface area contributed by atoms with Gasteiger partial charge in [0.05, 0.1) is 47.6 Å². The number of fused-ring (bicyclic) bond motifs is 4. The van der Waals surface area contributed by atoms with Crippen LogP contribution in [0, 0.1) is 50.2 Å². The van der Waals surface area contributed by atoms with Gasteiger partial charge >= 0.3 is 12.1 Å². The smallest absolute Gasteiger partial charge is 0.328 e. The number of carbonyl (C=O) groups is 4. The van der Waals surface area contributed by atoms with Crippen LogP contribution in [0.15, 0.2) is 122 Å². The van der Waals surface area contributed by atoms with Crippen LogP contribution in [0.25, 0.3) is 43.9 Å². The summed E-state index contributed by atoms with van der Waals surface area (Å²) in [6, 6.07) is 22.2. The number of ketones is 2. The minimum Gasteiger partial charge on any atom is -0.330 e. The molecule has 10 rings (SSSR count). The van der Waals surface area contributed by atoms with Crippen molar-refractivity contribution in [3.63, 3.8) is 0 Å². The minimum atomic E-state index is -0.513. The number of imidazole rings is 2. The highest BCUT2D eigenvalue weighted by atomic mass is 19.1. The molecule has 0 bridgehead atoms. The van der Waals surface area contributed by atoms with E-state index >= 15 is 8.78 Å². The van der Waals surface area contributed by atoms with Gasteiger partial charge in [0, 0.05) is 108 Å². The zero-order chi connectivity index (χ0) is 51.1. The molecule has 0 N–H and O–H groups in total. The van der Waals surface area contributed by atoms with E-state index in [1.54, 1.807) is 114 Å². The number of rotatable bonds is 8. The molecule has 4 aromatic carbocycles. The van der Waals surface area contributed by atoms with E-state index in [2.05, 4.69) is 31.8 Å². The molecule has 0 unspecified atom stereocenters. The summed E-state index contributed by atoms with van der Waals surface area (Å²) in [4.78, 5) is 72.5. The summed E-state index contributed by atoms with van der Waals surface area (Å²) in [6.07, 6.45) is 21.0. The van der Waals surface area contributed by atoms with Gasteiger partial charge in [-0.2, -0.15) is 0 Å². The Bertz CT molecular complexity index is 3700. The van der Waals surface area contributed by atoms with Crippen molar-refractivity contribution in [2.24, 2.45) is 0 Å². The van der Waals surface area contributed by atoms with Gasteiger partial charge in [-0.3, -0.25) is 28.7 Å². The van der Waals surface area contributed by atoms with Gasteiger partial charge in [0.15, 0.2) is 11.6 Å². The molecular formula is C56H44F2N10O4. The van der Waals surface area contributed by atoms with Crippen LogP contribution in [0.1, 0.15) is 65.7 Å². The molecule has 6 heterocycles. The summed E-state index contributed by atoms with van der Waals surface area (Å²) >= 11 is 0. The number of amides is 2. The van der Waals surface area contributed by atoms with Crippen LogP contribution in [0.2, 0.25) is 0 Å². The number of carbonyl (C=O) groups excluding carboxylic acids is 4. The Morgan fingerprint density at radius 1 is 0.569 bits per heavy atom. The lowest BCUT2D eigenvalue weighted by molar-refractivity contribution is 0.103. The zero-order valence-electron chi connectivity index (χ0n) is 40.0. The molecular weight excluding hydrogens is 915 g/mol. The molecule has 14 nitrogen and oxygen atoms in total. The number of pyridine rings is 2. The van der Waals surface area contributed by atoms with Crippen LogP contribution >= 0.6 is 0 Å². The minimum absolute atomic E-state index is 0.163. The highest BCUT2D eigenvalue weighted by Crippen LogP contribution is 2.31. The standard InChI is InChI=1S/2C28H22FN5O2/c2*1-5-18-7-6-8-25-26(18)21(16-34(25)28(36)32(3)4)27(35)19-9-10-20(22(29)13-19)15-33-17(2)31-23-14-30-12-11-24(23)33/h2*1,6-14,16H,15H2,2-4H3. The van der Waals surface area contributed by atoms with Crippen molar-refractivity contribution in [3.05, 3.63) is 190 Å². The van der Waals surface area contributed by atoms with Crippen LogP contribution in [0.3, 0.4) is 0 Å².